The monoisotopic (exact) mass is 464 g/mol. The molecule has 2 N–H and O–H groups in total. The molecule has 8 heteroatoms. The number of carboxylic acids is 1. The van der Waals surface area contributed by atoms with E-state index in [1.165, 1.54) is 4.90 Å². The van der Waals surface area contributed by atoms with Crippen LogP contribution in [0.5, 0.6) is 0 Å². The third-order valence-electron chi connectivity index (χ3n) is 6.90. The molecule has 34 heavy (non-hydrogen) atoms. The van der Waals surface area contributed by atoms with Gasteiger partial charge >= 0.3 is 12.1 Å². The van der Waals surface area contributed by atoms with E-state index in [1.54, 1.807) is 0 Å². The molecule has 3 aliphatic rings. The Morgan fingerprint density at radius 2 is 1.71 bits per heavy atom. The molecule has 1 saturated heterocycles. The largest absolute Gasteiger partial charge is 0.480 e. The minimum absolute atomic E-state index is 0.0534. The molecule has 2 unspecified atom stereocenters. The third-order valence-corrected chi connectivity index (χ3v) is 6.90. The minimum atomic E-state index is -1.11. The number of fused-ring (bicyclic) bond motifs is 3. The molecule has 2 aromatic rings. The minimum Gasteiger partial charge on any atom is -0.480 e. The van der Waals surface area contributed by atoms with E-state index in [1.807, 2.05) is 36.4 Å². The normalized spacial score (nSPS) is 20.2. The first kappa shape index (κ1) is 22.4. The first-order valence-corrected chi connectivity index (χ1v) is 11.8. The number of rotatable bonds is 7. The predicted molar refractivity (Wildman–Crippen MR) is 123 cm³/mol. The van der Waals surface area contributed by atoms with Crippen molar-refractivity contribution in [2.24, 2.45) is 5.92 Å². The highest BCUT2D eigenvalue weighted by molar-refractivity contribution is 5.89. The molecule has 2 amide bonds. The summed E-state index contributed by atoms with van der Waals surface area (Å²) in [5.41, 5.74) is 4.50. The summed E-state index contributed by atoms with van der Waals surface area (Å²) in [6.07, 6.45) is 1.82. The van der Waals surface area contributed by atoms with Crippen molar-refractivity contribution in [2.75, 3.05) is 26.4 Å². The zero-order chi connectivity index (χ0) is 23.7. The van der Waals surface area contributed by atoms with Crippen LogP contribution in [0.15, 0.2) is 48.5 Å². The second-order valence-electron chi connectivity index (χ2n) is 9.16. The summed E-state index contributed by atoms with van der Waals surface area (Å²) in [5, 5.41) is 12.2. The maximum atomic E-state index is 13.2. The molecule has 1 aliphatic heterocycles. The van der Waals surface area contributed by atoms with Gasteiger partial charge in [-0.05, 0) is 34.6 Å². The Morgan fingerprint density at radius 3 is 2.32 bits per heavy atom. The van der Waals surface area contributed by atoms with Crippen LogP contribution in [-0.4, -0.2) is 66.4 Å². The number of morpholine rings is 1. The molecule has 2 aromatic carbocycles. The average Bonchev–Trinajstić information content (AvgIpc) is 3.62. The number of aliphatic carboxylic acids is 1. The summed E-state index contributed by atoms with van der Waals surface area (Å²) < 4.78 is 10.9. The summed E-state index contributed by atoms with van der Waals surface area (Å²) in [6, 6.07) is 14.3. The number of benzene rings is 2. The van der Waals surface area contributed by atoms with E-state index in [-0.39, 0.29) is 32.3 Å². The zero-order valence-corrected chi connectivity index (χ0v) is 18.8. The van der Waals surface area contributed by atoms with E-state index in [0.29, 0.717) is 12.3 Å². The molecule has 1 saturated carbocycles. The number of ether oxygens (including phenoxy) is 2. The fourth-order valence-electron chi connectivity index (χ4n) is 4.96. The molecule has 2 atom stereocenters. The molecule has 178 valence electrons. The van der Waals surface area contributed by atoms with Crippen molar-refractivity contribution in [3.63, 3.8) is 0 Å². The highest BCUT2D eigenvalue weighted by atomic mass is 16.5. The number of hydrogen-bond acceptors (Lipinski definition) is 5. The Labute approximate surface area is 197 Å². The number of nitrogens with one attached hydrogen (secondary N) is 1. The zero-order valence-electron chi connectivity index (χ0n) is 18.8. The quantitative estimate of drug-likeness (QED) is 0.653. The first-order valence-electron chi connectivity index (χ1n) is 11.8. The van der Waals surface area contributed by atoms with Gasteiger partial charge in [0.25, 0.3) is 0 Å². The van der Waals surface area contributed by atoms with E-state index in [4.69, 9.17) is 9.47 Å². The predicted octanol–water partition coefficient (Wildman–Crippen LogP) is 3.01. The van der Waals surface area contributed by atoms with Gasteiger partial charge in [-0.25, -0.2) is 9.59 Å². The van der Waals surface area contributed by atoms with Crippen LogP contribution < -0.4 is 5.32 Å². The summed E-state index contributed by atoms with van der Waals surface area (Å²) in [6.45, 7) is 0.557. The van der Waals surface area contributed by atoms with Gasteiger partial charge in [0.1, 0.15) is 12.6 Å². The second-order valence-corrected chi connectivity index (χ2v) is 9.16. The van der Waals surface area contributed by atoms with E-state index < -0.39 is 30.1 Å². The lowest BCUT2D eigenvalue weighted by Crippen LogP contribution is -2.58. The molecule has 5 rings (SSSR count). The Hall–Kier alpha value is -3.39. The van der Waals surface area contributed by atoms with Crippen molar-refractivity contribution in [3.05, 3.63) is 59.7 Å². The van der Waals surface area contributed by atoms with Crippen molar-refractivity contribution in [2.45, 2.75) is 37.3 Å². The summed E-state index contributed by atoms with van der Waals surface area (Å²) in [7, 11) is 0. The van der Waals surface area contributed by atoms with E-state index >= 15 is 0 Å². The standard InChI is InChI=1S/C26H28N2O6/c29-24(28-11-12-33-15-23(28)25(30)31)22(13-16-9-10-16)27-26(32)34-14-21-19-7-3-1-5-17(19)18-6-2-4-8-20(18)21/h1-8,16,21-23H,9-15H2,(H,27,32)(H,30,31). The average molecular weight is 465 g/mol. The highest BCUT2D eigenvalue weighted by Crippen LogP contribution is 2.44. The lowest BCUT2D eigenvalue weighted by Gasteiger charge is -2.35. The van der Waals surface area contributed by atoms with Gasteiger partial charge in [0.15, 0.2) is 6.04 Å². The Bertz CT molecular complexity index is 1050. The summed E-state index contributed by atoms with van der Waals surface area (Å²) in [4.78, 5) is 39.0. The molecule has 0 radical (unpaired) electrons. The van der Waals surface area contributed by atoms with Crippen LogP contribution >= 0.6 is 0 Å². The number of carbonyl (C=O) groups excluding carboxylic acids is 2. The maximum absolute atomic E-state index is 13.2. The summed E-state index contributed by atoms with van der Waals surface area (Å²) in [5.74, 6) is -1.23. The molecular formula is C26H28N2O6. The number of hydrogen-bond donors (Lipinski definition) is 2. The van der Waals surface area contributed by atoms with Crippen LogP contribution in [0, 0.1) is 5.92 Å². The molecule has 0 spiro atoms. The van der Waals surface area contributed by atoms with E-state index in [9.17, 15) is 19.5 Å². The second kappa shape index (κ2) is 9.46. The number of alkyl carbamates (subject to hydrolysis) is 1. The lowest BCUT2D eigenvalue weighted by atomic mass is 9.98. The lowest BCUT2D eigenvalue weighted by molar-refractivity contribution is -0.159. The molecule has 2 fully saturated rings. The number of carbonyl (C=O) groups is 3. The molecule has 0 aromatic heterocycles. The SMILES string of the molecule is O=C(NC(CC1CC1)C(=O)N1CCOCC1C(=O)O)OCC1c2ccccc2-c2ccccc21. The van der Waals surface area contributed by atoms with Crippen LogP contribution in [0.3, 0.4) is 0 Å². The van der Waals surface area contributed by atoms with Crippen molar-refractivity contribution >= 4 is 18.0 Å². The van der Waals surface area contributed by atoms with Crippen LogP contribution in [0.25, 0.3) is 11.1 Å². The Balaban J connectivity index is 1.27. The summed E-state index contributed by atoms with van der Waals surface area (Å²) >= 11 is 0. The van der Waals surface area contributed by atoms with Gasteiger partial charge in [-0.1, -0.05) is 61.4 Å². The van der Waals surface area contributed by atoms with Gasteiger partial charge in [0, 0.05) is 12.5 Å². The van der Waals surface area contributed by atoms with Crippen LogP contribution in [-0.2, 0) is 19.1 Å². The van der Waals surface area contributed by atoms with Crippen LogP contribution in [0.1, 0.15) is 36.3 Å². The van der Waals surface area contributed by atoms with Gasteiger partial charge in [0.2, 0.25) is 5.91 Å². The van der Waals surface area contributed by atoms with Gasteiger partial charge in [0.05, 0.1) is 13.2 Å². The van der Waals surface area contributed by atoms with E-state index in [0.717, 1.165) is 35.1 Å². The Morgan fingerprint density at radius 1 is 1.06 bits per heavy atom. The van der Waals surface area contributed by atoms with Crippen LogP contribution in [0.2, 0.25) is 0 Å². The van der Waals surface area contributed by atoms with E-state index in [2.05, 4.69) is 17.4 Å². The maximum Gasteiger partial charge on any atom is 0.407 e. The molecule has 2 aliphatic carbocycles. The Kier molecular flexibility index (Phi) is 6.24. The first-order chi connectivity index (χ1) is 16.5. The number of carboxylic acid groups (broad SMARTS) is 1. The third kappa shape index (κ3) is 4.50. The fourth-order valence-corrected chi connectivity index (χ4v) is 4.96. The molecule has 8 nitrogen and oxygen atoms in total. The highest BCUT2D eigenvalue weighted by Gasteiger charge is 2.39. The number of amides is 2. The molecular weight excluding hydrogens is 436 g/mol. The van der Waals surface area contributed by atoms with Crippen molar-refractivity contribution in [3.8, 4) is 11.1 Å². The molecule has 1 heterocycles. The molecule has 0 bridgehead atoms. The van der Waals surface area contributed by atoms with Gasteiger partial charge < -0.3 is 24.8 Å². The fraction of sp³-hybridized carbons (Fsp3) is 0.423. The topological polar surface area (TPSA) is 105 Å². The smallest absolute Gasteiger partial charge is 0.407 e. The van der Waals surface area contributed by atoms with Gasteiger partial charge in [-0.15, -0.1) is 0 Å². The number of nitrogens with zero attached hydrogens (tertiary/aromatic N) is 1. The van der Waals surface area contributed by atoms with Crippen molar-refractivity contribution < 1.29 is 29.0 Å². The van der Waals surface area contributed by atoms with Gasteiger partial charge in [-0.3, -0.25) is 4.79 Å². The van der Waals surface area contributed by atoms with Crippen LogP contribution in [0.4, 0.5) is 4.79 Å². The van der Waals surface area contributed by atoms with Crippen molar-refractivity contribution in [1.29, 1.82) is 0 Å². The van der Waals surface area contributed by atoms with Gasteiger partial charge in [-0.2, -0.15) is 0 Å². The van der Waals surface area contributed by atoms with Crippen molar-refractivity contribution in [1.82, 2.24) is 10.2 Å².